The molecule has 8 nitrogen and oxygen atoms in total. The normalized spacial score (nSPS) is 20.2. The highest BCUT2D eigenvalue weighted by atomic mass is 35.5. The van der Waals surface area contributed by atoms with Gasteiger partial charge in [0.1, 0.15) is 11.3 Å². The van der Waals surface area contributed by atoms with E-state index in [4.69, 9.17) is 21.2 Å². The number of nitrogens with zero attached hydrogens (tertiary/aromatic N) is 2. The third-order valence-corrected chi connectivity index (χ3v) is 10.3. The van der Waals surface area contributed by atoms with Gasteiger partial charge in [0.25, 0.3) is 5.91 Å². The summed E-state index contributed by atoms with van der Waals surface area (Å²) >= 11 is 5.88. The van der Waals surface area contributed by atoms with Gasteiger partial charge in [-0.05, 0) is 60.4 Å². The lowest BCUT2D eigenvalue weighted by Gasteiger charge is -2.46. The van der Waals surface area contributed by atoms with Crippen LogP contribution in [0, 0.1) is 11.6 Å². The van der Waals surface area contributed by atoms with E-state index in [1.54, 1.807) is 0 Å². The van der Waals surface area contributed by atoms with E-state index in [1.165, 1.54) is 24.3 Å². The van der Waals surface area contributed by atoms with E-state index in [0.29, 0.717) is 24.5 Å². The zero-order chi connectivity index (χ0) is 31.6. The van der Waals surface area contributed by atoms with Crippen molar-refractivity contribution in [3.05, 3.63) is 125 Å². The first-order valence-corrected chi connectivity index (χ1v) is 16.2. The first-order valence-electron chi connectivity index (χ1n) is 14.4. The van der Waals surface area contributed by atoms with Crippen molar-refractivity contribution in [1.82, 2.24) is 14.7 Å². The molecule has 12 heteroatoms. The van der Waals surface area contributed by atoms with Crippen LogP contribution in [0.1, 0.15) is 24.0 Å². The number of rotatable bonds is 10. The van der Waals surface area contributed by atoms with Gasteiger partial charge in [-0.15, -0.1) is 0 Å². The van der Waals surface area contributed by atoms with E-state index in [2.05, 4.69) is 5.48 Å². The fraction of sp³-hybridized carbons (Fsp3) is 0.242. The minimum Gasteiger partial charge on any atom is -0.451 e. The number of fused-ring (bicyclic) bond motifs is 2. The molecule has 2 unspecified atom stereocenters. The maximum absolute atomic E-state index is 15.3. The van der Waals surface area contributed by atoms with Crippen LogP contribution >= 0.6 is 11.6 Å². The largest absolute Gasteiger partial charge is 0.451 e. The van der Waals surface area contributed by atoms with E-state index in [1.807, 2.05) is 65.6 Å². The van der Waals surface area contributed by atoms with Gasteiger partial charge >= 0.3 is 0 Å². The topological polar surface area (TPSA) is 88.2 Å². The Kier molecular flexibility index (Phi) is 8.89. The van der Waals surface area contributed by atoms with Crippen molar-refractivity contribution >= 4 is 27.5 Å². The van der Waals surface area contributed by atoms with Gasteiger partial charge in [0.05, 0.1) is 11.5 Å². The summed E-state index contributed by atoms with van der Waals surface area (Å²) in [6.07, 6.45) is 0.574. The number of sulfonamides is 1. The molecule has 2 fully saturated rings. The lowest BCUT2D eigenvalue weighted by molar-refractivity contribution is -0.147. The summed E-state index contributed by atoms with van der Waals surface area (Å²) in [5.41, 5.74) is 2.70. The number of hydrogen-bond donors (Lipinski definition) is 1. The summed E-state index contributed by atoms with van der Waals surface area (Å²) in [4.78, 5) is 20.9. The molecule has 0 radical (unpaired) electrons. The molecule has 4 aromatic rings. The molecule has 2 bridgehead atoms. The van der Waals surface area contributed by atoms with Gasteiger partial charge in [-0.3, -0.25) is 14.5 Å². The first kappa shape index (κ1) is 31.1. The Morgan fingerprint density at radius 3 is 2.20 bits per heavy atom. The van der Waals surface area contributed by atoms with Gasteiger partial charge in [-0.1, -0.05) is 72.3 Å². The highest BCUT2D eigenvalue weighted by molar-refractivity contribution is 7.89. The van der Waals surface area contributed by atoms with Crippen LogP contribution in [0.2, 0.25) is 5.02 Å². The molecule has 2 aliphatic heterocycles. The van der Waals surface area contributed by atoms with Gasteiger partial charge in [0, 0.05) is 30.7 Å². The third-order valence-electron chi connectivity index (χ3n) is 8.08. The molecule has 0 spiro atoms. The van der Waals surface area contributed by atoms with Crippen molar-refractivity contribution in [2.45, 2.75) is 42.5 Å². The number of likely N-dealkylation sites (tertiary alicyclic amines) is 1. The number of amides is 1. The van der Waals surface area contributed by atoms with Crippen molar-refractivity contribution in [3.63, 3.8) is 0 Å². The summed E-state index contributed by atoms with van der Waals surface area (Å²) in [7, 11) is -4.58. The summed E-state index contributed by atoms with van der Waals surface area (Å²) < 4.78 is 65.5. The number of carbonyl (C=O) groups is 1. The molecule has 2 saturated heterocycles. The summed E-state index contributed by atoms with van der Waals surface area (Å²) in [6.45, 7) is 0.945. The minimum atomic E-state index is -4.58. The number of carbonyl (C=O) groups excluding carboxylic acids is 1. The standard InChI is InChI=1S/C33H30ClF2N3O5S/c34-25-11-13-27(14-12-25)44-31-29(35)17-28(18-30(31)36)45(41,42)39-26-15-16-33(39,22-38(20-26)19-23-7-3-1-4-8-23)32(40)37-43-21-24-9-5-2-6-10-24/h1-14,17-18,26H,15-16,19-22H2,(H,37,40). The predicted molar refractivity (Wildman–Crippen MR) is 164 cm³/mol. The third kappa shape index (κ3) is 6.45. The number of hydroxylamine groups is 1. The van der Waals surface area contributed by atoms with Crippen molar-refractivity contribution in [1.29, 1.82) is 0 Å². The highest BCUT2D eigenvalue weighted by Crippen LogP contribution is 2.44. The molecule has 1 amide bonds. The van der Waals surface area contributed by atoms with Crippen molar-refractivity contribution in [2.75, 3.05) is 13.1 Å². The quantitative estimate of drug-likeness (QED) is 0.209. The maximum Gasteiger partial charge on any atom is 0.266 e. The van der Waals surface area contributed by atoms with Crippen LogP contribution in [-0.4, -0.2) is 48.2 Å². The van der Waals surface area contributed by atoms with Gasteiger partial charge in [-0.2, -0.15) is 4.31 Å². The Bertz CT molecular complexity index is 1760. The Hall–Kier alpha value is -3.87. The molecular weight excluding hydrogens is 624 g/mol. The molecular formula is C33H30ClF2N3O5S. The fourth-order valence-corrected chi connectivity index (χ4v) is 8.19. The van der Waals surface area contributed by atoms with E-state index in [-0.39, 0.29) is 25.3 Å². The molecule has 0 aliphatic carbocycles. The summed E-state index contributed by atoms with van der Waals surface area (Å²) in [6, 6.07) is 25.5. The maximum atomic E-state index is 15.3. The number of benzene rings is 4. The molecule has 2 aliphatic rings. The van der Waals surface area contributed by atoms with E-state index in [0.717, 1.165) is 27.6 Å². The van der Waals surface area contributed by atoms with Crippen LogP contribution in [0.5, 0.6) is 11.5 Å². The number of halogens is 3. The predicted octanol–water partition coefficient (Wildman–Crippen LogP) is 6.07. The number of nitrogens with one attached hydrogen (secondary N) is 1. The van der Waals surface area contributed by atoms with Crippen LogP contribution < -0.4 is 10.2 Å². The second-order valence-electron chi connectivity index (χ2n) is 11.2. The van der Waals surface area contributed by atoms with Crippen LogP contribution in [0.4, 0.5) is 8.78 Å². The smallest absolute Gasteiger partial charge is 0.266 e. The average molecular weight is 654 g/mol. The Balaban J connectivity index is 1.30. The van der Waals surface area contributed by atoms with Crippen molar-refractivity contribution in [2.24, 2.45) is 0 Å². The number of hydrogen-bond acceptors (Lipinski definition) is 6. The molecule has 45 heavy (non-hydrogen) atoms. The van der Waals surface area contributed by atoms with E-state index < -0.39 is 49.8 Å². The summed E-state index contributed by atoms with van der Waals surface area (Å²) in [5.74, 6) is -3.70. The molecule has 234 valence electrons. The second-order valence-corrected chi connectivity index (χ2v) is 13.4. The first-order chi connectivity index (χ1) is 21.7. The van der Waals surface area contributed by atoms with Gasteiger partial charge in [-0.25, -0.2) is 22.7 Å². The van der Waals surface area contributed by atoms with Gasteiger partial charge in [0.2, 0.25) is 10.0 Å². The molecule has 4 aromatic carbocycles. The second kappa shape index (κ2) is 12.9. The minimum absolute atomic E-state index is 0.0564. The molecule has 6 rings (SSSR count). The Morgan fingerprint density at radius 1 is 0.933 bits per heavy atom. The fourth-order valence-electron chi connectivity index (χ4n) is 6.07. The van der Waals surface area contributed by atoms with E-state index >= 15 is 8.78 Å². The lowest BCUT2D eigenvalue weighted by Crippen LogP contribution is -2.68. The Labute approximate surface area is 265 Å². The van der Waals surface area contributed by atoms with Crippen LogP contribution in [0.25, 0.3) is 0 Å². The molecule has 0 saturated carbocycles. The zero-order valence-electron chi connectivity index (χ0n) is 24.0. The molecule has 0 aromatic heterocycles. The molecule has 2 heterocycles. The monoisotopic (exact) mass is 653 g/mol. The summed E-state index contributed by atoms with van der Waals surface area (Å²) in [5, 5.41) is 0.409. The zero-order valence-corrected chi connectivity index (χ0v) is 25.6. The van der Waals surface area contributed by atoms with Crippen molar-refractivity contribution < 1.29 is 31.6 Å². The SMILES string of the molecule is O=C(NOCc1ccccc1)C12CCC(CN(Cc3ccccc3)C1)N2S(=O)(=O)c1cc(F)c(Oc2ccc(Cl)cc2)c(F)c1. The lowest BCUT2D eigenvalue weighted by atomic mass is 9.95. The average Bonchev–Trinajstić information content (AvgIpc) is 3.30. The highest BCUT2D eigenvalue weighted by Gasteiger charge is 2.61. The van der Waals surface area contributed by atoms with Gasteiger partial charge in [0.15, 0.2) is 17.4 Å². The van der Waals surface area contributed by atoms with E-state index in [9.17, 15) is 13.2 Å². The number of piperazine rings is 1. The van der Waals surface area contributed by atoms with Crippen molar-refractivity contribution in [3.8, 4) is 11.5 Å². The van der Waals surface area contributed by atoms with Crippen LogP contribution in [0.15, 0.2) is 102 Å². The Morgan fingerprint density at radius 2 is 1.56 bits per heavy atom. The molecule has 2 atom stereocenters. The van der Waals surface area contributed by atoms with Crippen LogP contribution in [-0.2, 0) is 32.8 Å². The number of ether oxygens (including phenoxy) is 1. The van der Waals surface area contributed by atoms with Gasteiger partial charge < -0.3 is 4.74 Å². The molecule has 1 N–H and O–H groups in total. The van der Waals surface area contributed by atoms with Crippen LogP contribution in [0.3, 0.4) is 0 Å².